The first-order valence-corrected chi connectivity index (χ1v) is 13.3. The molecule has 1 heterocycles. The zero-order chi connectivity index (χ0) is 26.6. The third kappa shape index (κ3) is 6.34. The van der Waals surface area contributed by atoms with Crippen LogP contribution in [-0.4, -0.2) is 48.4 Å². The van der Waals surface area contributed by atoms with Crippen molar-refractivity contribution in [2.75, 3.05) is 32.0 Å². The number of carbonyl (C=O) groups excluding carboxylic acids is 1. The number of halogens is 2. The quantitative estimate of drug-likeness (QED) is 0.362. The van der Waals surface area contributed by atoms with E-state index < -0.39 is 0 Å². The lowest BCUT2D eigenvalue weighted by molar-refractivity contribution is -0.121. The van der Waals surface area contributed by atoms with Crippen molar-refractivity contribution in [1.29, 1.82) is 5.26 Å². The fourth-order valence-corrected chi connectivity index (χ4v) is 5.81. The van der Waals surface area contributed by atoms with Gasteiger partial charge in [0.2, 0.25) is 5.91 Å². The zero-order valence-electron chi connectivity index (χ0n) is 21.5. The van der Waals surface area contributed by atoms with Gasteiger partial charge in [0.25, 0.3) is 0 Å². The second kappa shape index (κ2) is 11.7. The third-order valence-corrected chi connectivity index (χ3v) is 7.63. The molecule has 0 aliphatic carbocycles. The summed E-state index contributed by atoms with van der Waals surface area (Å²) in [7, 11) is 2.14. The number of hydrogen-bond acceptors (Lipinski definition) is 4. The molecule has 0 aromatic heterocycles. The van der Waals surface area contributed by atoms with Gasteiger partial charge in [-0.2, -0.15) is 5.26 Å². The Balaban J connectivity index is 1.64. The summed E-state index contributed by atoms with van der Waals surface area (Å²) in [6.07, 6.45) is 1.84. The smallest absolute Gasteiger partial charge is 0.238 e. The standard InChI is InChI=1S/C30H32Cl2N4O/c1-21(2)36(20-29(37)34-28-17-26(31)16-27(32)18-28)30(11-13-35(3)14-12-30)25-9-7-23(8-10-25)24-6-4-5-22(15-24)19-33/h4-10,15-18,21H,11-14,20H2,1-3H3,(H,34,37). The molecule has 0 radical (unpaired) electrons. The molecule has 0 spiro atoms. The minimum absolute atomic E-state index is 0.102. The minimum atomic E-state index is -0.281. The number of piperidine rings is 1. The van der Waals surface area contributed by atoms with Crippen LogP contribution in [0.15, 0.2) is 66.7 Å². The number of likely N-dealkylation sites (tertiary alicyclic amines) is 1. The molecule has 192 valence electrons. The molecule has 3 aromatic rings. The summed E-state index contributed by atoms with van der Waals surface area (Å²) in [5, 5.41) is 13.2. The van der Waals surface area contributed by atoms with Gasteiger partial charge in [-0.1, -0.05) is 59.6 Å². The molecule has 1 aliphatic rings. The van der Waals surface area contributed by atoms with Crippen molar-refractivity contribution in [3.8, 4) is 17.2 Å². The van der Waals surface area contributed by atoms with Crippen LogP contribution in [0.4, 0.5) is 5.69 Å². The maximum Gasteiger partial charge on any atom is 0.238 e. The average molecular weight is 536 g/mol. The molecule has 7 heteroatoms. The second-order valence-corrected chi connectivity index (χ2v) is 10.9. The fourth-order valence-electron chi connectivity index (χ4n) is 5.28. The summed E-state index contributed by atoms with van der Waals surface area (Å²) in [5.74, 6) is -0.102. The molecule has 1 N–H and O–H groups in total. The highest BCUT2D eigenvalue weighted by molar-refractivity contribution is 6.35. The Morgan fingerprint density at radius 1 is 1.03 bits per heavy atom. The molecule has 1 amide bonds. The maximum absolute atomic E-state index is 13.3. The Kier molecular flexibility index (Phi) is 8.56. The van der Waals surface area contributed by atoms with Crippen LogP contribution in [0.1, 0.15) is 37.8 Å². The topological polar surface area (TPSA) is 59.4 Å². The lowest BCUT2D eigenvalue weighted by Crippen LogP contribution is -2.56. The van der Waals surface area contributed by atoms with Gasteiger partial charge in [-0.25, -0.2) is 0 Å². The number of amides is 1. The Hall–Kier alpha value is -2.88. The molecule has 1 fully saturated rings. The summed E-state index contributed by atoms with van der Waals surface area (Å²) < 4.78 is 0. The molecule has 1 aliphatic heterocycles. The van der Waals surface area contributed by atoms with Gasteiger partial charge in [-0.05, 0) is 93.8 Å². The summed E-state index contributed by atoms with van der Waals surface area (Å²) in [5.41, 5.74) is 4.24. The van der Waals surface area contributed by atoms with Crippen LogP contribution < -0.4 is 5.32 Å². The van der Waals surface area contributed by atoms with Crippen molar-refractivity contribution in [3.05, 3.63) is 87.9 Å². The minimum Gasteiger partial charge on any atom is -0.325 e. The number of carbonyl (C=O) groups is 1. The van der Waals surface area contributed by atoms with Crippen LogP contribution in [-0.2, 0) is 10.3 Å². The first kappa shape index (κ1) is 27.2. The molecule has 0 bridgehead atoms. The summed E-state index contributed by atoms with van der Waals surface area (Å²) in [6.45, 7) is 6.43. The van der Waals surface area contributed by atoms with E-state index in [1.807, 2.05) is 24.3 Å². The van der Waals surface area contributed by atoms with Crippen molar-refractivity contribution < 1.29 is 4.79 Å². The monoisotopic (exact) mass is 534 g/mol. The van der Waals surface area contributed by atoms with E-state index in [0.717, 1.165) is 37.1 Å². The van der Waals surface area contributed by atoms with Crippen LogP contribution in [0.3, 0.4) is 0 Å². The van der Waals surface area contributed by atoms with E-state index in [4.69, 9.17) is 23.2 Å². The average Bonchev–Trinajstić information content (AvgIpc) is 2.87. The number of nitrogens with one attached hydrogen (secondary N) is 1. The van der Waals surface area contributed by atoms with Crippen LogP contribution in [0, 0.1) is 11.3 Å². The predicted molar refractivity (Wildman–Crippen MR) is 152 cm³/mol. The molecule has 1 saturated heterocycles. The molecule has 5 nitrogen and oxygen atoms in total. The number of hydrogen-bond donors (Lipinski definition) is 1. The lowest BCUT2D eigenvalue weighted by atomic mass is 9.78. The van der Waals surface area contributed by atoms with Crippen molar-refractivity contribution >= 4 is 34.8 Å². The molecule has 0 unspecified atom stereocenters. The molecule has 4 rings (SSSR count). The van der Waals surface area contributed by atoms with Gasteiger partial charge in [0, 0.05) is 27.3 Å². The van der Waals surface area contributed by atoms with Crippen molar-refractivity contribution in [1.82, 2.24) is 9.80 Å². The van der Waals surface area contributed by atoms with Crippen LogP contribution in [0.5, 0.6) is 0 Å². The van der Waals surface area contributed by atoms with E-state index in [2.05, 4.69) is 66.3 Å². The molecule has 3 aromatic carbocycles. The largest absolute Gasteiger partial charge is 0.325 e. The van der Waals surface area contributed by atoms with Crippen LogP contribution in [0.2, 0.25) is 10.0 Å². The van der Waals surface area contributed by atoms with Crippen molar-refractivity contribution in [2.45, 2.75) is 38.3 Å². The van der Waals surface area contributed by atoms with Crippen LogP contribution in [0.25, 0.3) is 11.1 Å². The summed E-state index contributed by atoms with van der Waals surface area (Å²) in [4.78, 5) is 17.9. The van der Waals surface area contributed by atoms with E-state index in [1.54, 1.807) is 18.2 Å². The van der Waals surface area contributed by atoms with Crippen molar-refractivity contribution in [2.24, 2.45) is 0 Å². The Labute approximate surface area is 229 Å². The van der Waals surface area contributed by atoms with Crippen molar-refractivity contribution in [3.63, 3.8) is 0 Å². The molecular weight excluding hydrogens is 503 g/mol. The SMILES string of the molecule is CC(C)N(CC(=O)Nc1cc(Cl)cc(Cl)c1)C1(c2ccc(-c3cccc(C#N)c3)cc2)CCN(C)CC1. The predicted octanol–water partition coefficient (Wildman–Crippen LogP) is 6.80. The Morgan fingerprint density at radius 3 is 2.27 bits per heavy atom. The number of nitriles is 1. The van der Waals surface area contributed by atoms with Gasteiger partial charge in [0.05, 0.1) is 18.2 Å². The lowest BCUT2D eigenvalue weighted by Gasteiger charge is -2.50. The number of nitrogens with zero attached hydrogens (tertiary/aromatic N) is 3. The zero-order valence-corrected chi connectivity index (χ0v) is 23.0. The van der Waals surface area contributed by atoms with Gasteiger partial charge in [-0.15, -0.1) is 0 Å². The van der Waals surface area contributed by atoms with E-state index in [1.165, 1.54) is 5.56 Å². The first-order valence-electron chi connectivity index (χ1n) is 12.5. The fraction of sp³-hybridized carbons (Fsp3) is 0.333. The van der Waals surface area contributed by atoms with E-state index in [9.17, 15) is 10.1 Å². The van der Waals surface area contributed by atoms with E-state index in [0.29, 0.717) is 21.3 Å². The normalized spacial score (nSPS) is 15.5. The molecular formula is C30H32Cl2N4O. The third-order valence-electron chi connectivity index (χ3n) is 7.19. The van der Waals surface area contributed by atoms with Gasteiger partial charge in [0.1, 0.15) is 0 Å². The first-order chi connectivity index (χ1) is 17.7. The van der Waals surface area contributed by atoms with Gasteiger partial charge < -0.3 is 10.2 Å². The highest BCUT2D eigenvalue weighted by atomic mass is 35.5. The van der Waals surface area contributed by atoms with Crippen LogP contribution >= 0.6 is 23.2 Å². The molecule has 0 atom stereocenters. The number of anilines is 1. The Bertz CT molecular complexity index is 1270. The van der Waals surface area contributed by atoms with E-state index in [-0.39, 0.29) is 24.0 Å². The number of rotatable bonds is 7. The van der Waals surface area contributed by atoms with Gasteiger partial charge in [0.15, 0.2) is 0 Å². The highest BCUT2D eigenvalue weighted by Gasteiger charge is 2.42. The number of benzene rings is 3. The second-order valence-electron chi connectivity index (χ2n) is 10.0. The maximum atomic E-state index is 13.3. The Morgan fingerprint density at radius 2 is 1.68 bits per heavy atom. The summed E-state index contributed by atoms with van der Waals surface area (Å²) >= 11 is 12.3. The molecule has 0 saturated carbocycles. The van der Waals surface area contributed by atoms with Gasteiger partial charge >= 0.3 is 0 Å². The van der Waals surface area contributed by atoms with Gasteiger partial charge in [-0.3, -0.25) is 9.69 Å². The molecule has 37 heavy (non-hydrogen) atoms. The van der Waals surface area contributed by atoms with E-state index >= 15 is 0 Å². The summed E-state index contributed by atoms with van der Waals surface area (Å²) in [6, 6.07) is 23.7. The highest BCUT2D eigenvalue weighted by Crippen LogP contribution is 2.41.